The predicted molar refractivity (Wildman–Crippen MR) is 84.9 cm³/mol. The number of hydrogen-bond acceptors (Lipinski definition) is 4. The fourth-order valence-corrected chi connectivity index (χ4v) is 2.58. The lowest BCUT2D eigenvalue weighted by Crippen LogP contribution is -2.43. The number of ether oxygens (including phenoxy) is 1. The number of halogens is 2. The van der Waals surface area contributed by atoms with Crippen LogP contribution in [0.2, 0.25) is 5.02 Å². The van der Waals surface area contributed by atoms with Crippen molar-refractivity contribution in [2.45, 2.75) is 12.5 Å². The van der Waals surface area contributed by atoms with Gasteiger partial charge in [0, 0.05) is 32.8 Å². The van der Waals surface area contributed by atoms with Crippen LogP contribution >= 0.6 is 11.6 Å². The quantitative estimate of drug-likeness (QED) is 0.790. The van der Waals surface area contributed by atoms with Gasteiger partial charge in [-0.05, 0) is 18.6 Å². The van der Waals surface area contributed by atoms with Gasteiger partial charge in [-0.2, -0.15) is 0 Å². The lowest BCUT2D eigenvalue weighted by Gasteiger charge is -2.16. The van der Waals surface area contributed by atoms with Crippen molar-refractivity contribution >= 4 is 29.1 Å². The minimum absolute atomic E-state index is 0.102. The first-order chi connectivity index (χ1) is 11.0. The van der Waals surface area contributed by atoms with E-state index in [0.717, 1.165) is 19.5 Å². The Kier molecular flexibility index (Phi) is 6.32. The van der Waals surface area contributed by atoms with E-state index in [1.165, 1.54) is 18.2 Å². The summed E-state index contributed by atoms with van der Waals surface area (Å²) in [6.45, 7) is 2.89. The van der Waals surface area contributed by atoms with Gasteiger partial charge in [0.15, 0.2) is 5.82 Å². The summed E-state index contributed by atoms with van der Waals surface area (Å²) < 4.78 is 18.7. The molecule has 1 aromatic rings. The molecule has 0 unspecified atom stereocenters. The second-order valence-corrected chi connectivity index (χ2v) is 5.72. The number of anilines is 1. The number of methoxy groups -OCH3 is 1. The van der Waals surface area contributed by atoms with Crippen LogP contribution in [0.15, 0.2) is 18.2 Å². The van der Waals surface area contributed by atoms with Crippen LogP contribution in [0.5, 0.6) is 0 Å². The van der Waals surface area contributed by atoms with E-state index in [9.17, 15) is 14.0 Å². The molecule has 126 valence electrons. The molecule has 2 amide bonds. The van der Waals surface area contributed by atoms with Gasteiger partial charge < -0.3 is 15.4 Å². The first-order valence-corrected chi connectivity index (χ1v) is 7.66. The van der Waals surface area contributed by atoms with Crippen molar-refractivity contribution in [2.75, 3.05) is 38.7 Å². The van der Waals surface area contributed by atoms with Crippen LogP contribution in [-0.4, -0.2) is 56.1 Å². The number of nitrogens with zero attached hydrogens (tertiary/aromatic N) is 1. The first kappa shape index (κ1) is 17.7. The Hall–Kier alpha value is -1.70. The highest BCUT2D eigenvalue weighted by Crippen LogP contribution is 2.21. The van der Waals surface area contributed by atoms with Crippen molar-refractivity contribution < 1.29 is 18.7 Å². The average Bonchev–Trinajstić information content (AvgIpc) is 2.97. The van der Waals surface area contributed by atoms with Crippen molar-refractivity contribution in [3.8, 4) is 0 Å². The van der Waals surface area contributed by atoms with Gasteiger partial charge in [0.25, 0.3) is 0 Å². The molecule has 0 aliphatic carbocycles. The summed E-state index contributed by atoms with van der Waals surface area (Å²) in [7, 11) is 1.63. The van der Waals surface area contributed by atoms with Crippen molar-refractivity contribution in [3.63, 3.8) is 0 Å². The monoisotopic (exact) mass is 343 g/mol. The normalized spacial score (nSPS) is 18.0. The first-order valence-electron chi connectivity index (χ1n) is 7.28. The zero-order chi connectivity index (χ0) is 16.8. The third kappa shape index (κ3) is 4.89. The van der Waals surface area contributed by atoms with Gasteiger partial charge in [0.2, 0.25) is 0 Å². The number of amides is 2. The second-order valence-electron chi connectivity index (χ2n) is 5.31. The molecular weight excluding hydrogens is 325 g/mol. The number of benzene rings is 1. The number of hydrogen-bond donors (Lipinski definition) is 2. The maximum absolute atomic E-state index is 13.7. The Bertz CT molecular complexity index is 585. The average molecular weight is 344 g/mol. The highest BCUT2D eigenvalue weighted by atomic mass is 35.5. The molecule has 1 aromatic carbocycles. The standard InChI is InChI=1S/C15H19ClFN3O3/c1-23-8-7-20-6-5-10(9-20)18-14(21)15(22)19-12-4-2-3-11(16)13(12)17/h2-4,10H,5-9H2,1H3,(H,18,21)(H,19,22)/t10-/m0/s1. The fourth-order valence-electron chi connectivity index (χ4n) is 2.40. The summed E-state index contributed by atoms with van der Waals surface area (Å²) in [5.74, 6) is -2.47. The van der Waals surface area contributed by atoms with E-state index in [-0.39, 0.29) is 16.8 Å². The molecule has 1 aliphatic rings. The molecule has 0 radical (unpaired) electrons. The lowest BCUT2D eigenvalue weighted by atomic mass is 10.2. The molecule has 1 aliphatic heterocycles. The second kappa shape index (κ2) is 8.24. The molecule has 1 heterocycles. The highest BCUT2D eigenvalue weighted by molar-refractivity contribution is 6.40. The van der Waals surface area contributed by atoms with Crippen LogP contribution in [0.3, 0.4) is 0 Å². The maximum atomic E-state index is 13.7. The van der Waals surface area contributed by atoms with Crippen LogP contribution in [0.4, 0.5) is 10.1 Å². The molecule has 23 heavy (non-hydrogen) atoms. The minimum atomic E-state index is -0.915. The molecule has 2 N–H and O–H groups in total. The zero-order valence-corrected chi connectivity index (χ0v) is 13.5. The van der Waals surface area contributed by atoms with Crippen LogP contribution < -0.4 is 10.6 Å². The molecule has 1 saturated heterocycles. The van der Waals surface area contributed by atoms with Gasteiger partial charge in [0.05, 0.1) is 17.3 Å². The van der Waals surface area contributed by atoms with E-state index >= 15 is 0 Å². The van der Waals surface area contributed by atoms with E-state index in [1.54, 1.807) is 7.11 Å². The van der Waals surface area contributed by atoms with Gasteiger partial charge in [0.1, 0.15) is 0 Å². The number of rotatable bonds is 5. The predicted octanol–water partition coefficient (Wildman–Crippen LogP) is 1.25. The van der Waals surface area contributed by atoms with Crippen molar-refractivity contribution in [2.24, 2.45) is 0 Å². The third-order valence-corrected chi connectivity index (χ3v) is 3.92. The Labute approximate surface area is 138 Å². The summed E-state index contributed by atoms with van der Waals surface area (Å²) in [5, 5.41) is 4.76. The van der Waals surface area contributed by atoms with Crippen molar-refractivity contribution in [3.05, 3.63) is 29.0 Å². The number of carbonyl (C=O) groups is 2. The number of nitrogens with one attached hydrogen (secondary N) is 2. The lowest BCUT2D eigenvalue weighted by molar-refractivity contribution is -0.136. The van der Waals surface area contributed by atoms with Crippen molar-refractivity contribution in [1.29, 1.82) is 0 Å². The van der Waals surface area contributed by atoms with Crippen LogP contribution in [-0.2, 0) is 14.3 Å². The largest absolute Gasteiger partial charge is 0.383 e. The summed E-state index contributed by atoms with van der Waals surface area (Å²) in [5.41, 5.74) is -0.120. The molecule has 0 bridgehead atoms. The van der Waals surface area contributed by atoms with Gasteiger partial charge in [-0.3, -0.25) is 14.5 Å². The van der Waals surface area contributed by atoms with E-state index in [2.05, 4.69) is 15.5 Å². The molecule has 0 aromatic heterocycles. The Morgan fingerprint density at radius 1 is 1.43 bits per heavy atom. The Morgan fingerprint density at radius 2 is 2.22 bits per heavy atom. The molecule has 6 nitrogen and oxygen atoms in total. The van der Waals surface area contributed by atoms with E-state index in [4.69, 9.17) is 16.3 Å². The SMILES string of the molecule is COCCN1CC[C@H](NC(=O)C(=O)Nc2cccc(Cl)c2F)C1. The number of carbonyl (C=O) groups excluding carboxylic acids is 2. The van der Waals surface area contributed by atoms with Crippen LogP contribution in [0.1, 0.15) is 6.42 Å². The van der Waals surface area contributed by atoms with E-state index in [0.29, 0.717) is 13.2 Å². The molecule has 8 heteroatoms. The summed E-state index contributed by atoms with van der Waals surface area (Å²) >= 11 is 5.63. The third-order valence-electron chi connectivity index (χ3n) is 3.63. The Balaban J connectivity index is 1.84. The molecule has 1 atom stereocenters. The van der Waals surface area contributed by atoms with Gasteiger partial charge >= 0.3 is 11.8 Å². The number of likely N-dealkylation sites (tertiary alicyclic amines) is 1. The fraction of sp³-hybridized carbons (Fsp3) is 0.467. The zero-order valence-electron chi connectivity index (χ0n) is 12.8. The van der Waals surface area contributed by atoms with Crippen LogP contribution in [0.25, 0.3) is 0 Å². The molecule has 2 rings (SSSR count). The molecule has 1 fully saturated rings. The van der Waals surface area contributed by atoms with Gasteiger partial charge in [-0.15, -0.1) is 0 Å². The van der Waals surface area contributed by atoms with Crippen molar-refractivity contribution in [1.82, 2.24) is 10.2 Å². The Morgan fingerprint density at radius 3 is 2.96 bits per heavy atom. The maximum Gasteiger partial charge on any atom is 0.313 e. The van der Waals surface area contributed by atoms with E-state index < -0.39 is 17.6 Å². The van der Waals surface area contributed by atoms with E-state index in [1.807, 2.05) is 0 Å². The summed E-state index contributed by atoms with van der Waals surface area (Å²) in [4.78, 5) is 25.9. The van der Waals surface area contributed by atoms with Gasteiger partial charge in [-0.1, -0.05) is 17.7 Å². The smallest absolute Gasteiger partial charge is 0.313 e. The minimum Gasteiger partial charge on any atom is -0.383 e. The molecule has 0 saturated carbocycles. The molecular formula is C15H19ClFN3O3. The topological polar surface area (TPSA) is 70.7 Å². The van der Waals surface area contributed by atoms with Crippen LogP contribution in [0, 0.1) is 5.82 Å². The summed E-state index contributed by atoms with van der Waals surface area (Å²) in [6, 6.07) is 4.09. The van der Waals surface area contributed by atoms with Gasteiger partial charge in [-0.25, -0.2) is 4.39 Å². The highest BCUT2D eigenvalue weighted by Gasteiger charge is 2.26. The summed E-state index contributed by atoms with van der Waals surface area (Å²) in [6.07, 6.45) is 0.758. The molecule has 0 spiro atoms.